The fourth-order valence-corrected chi connectivity index (χ4v) is 2.56. The minimum absolute atomic E-state index is 0. The first kappa shape index (κ1) is 35.6. The van der Waals surface area contributed by atoms with Gasteiger partial charge in [0.15, 0.2) is 0 Å². The van der Waals surface area contributed by atoms with Gasteiger partial charge in [0.2, 0.25) is 0 Å². The summed E-state index contributed by atoms with van der Waals surface area (Å²) in [5, 5.41) is 16.9. The van der Waals surface area contributed by atoms with Crippen LogP contribution in [0.15, 0.2) is 97.0 Å². The van der Waals surface area contributed by atoms with Crippen molar-refractivity contribution >= 4 is 15.9 Å². The summed E-state index contributed by atoms with van der Waals surface area (Å²) >= 11 is 3.39. The van der Waals surface area contributed by atoms with Crippen LogP contribution < -0.4 is 0 Å². The van der Waals surface area contributed by atoms with E-state index in [0.29, 0.717) is 11.1 Å². The molecule has 0 radical (unpaired) electrons. The molecule has 2 nitrogen and oxygen atoms in total. The van der Waals surface area contributed by atoms with Crippen LogP contribution in [0.5, 0.6) is 0 Å². The van der Waals surface area contributed by atoms with Gasteiger partial charge in [0.25, 0.3) is 0 Å². The van der Waals surface area contributed by atoms with E-state index < -0.39 is 0 Å². The third-order valence-corrected chi connectivity index (χ3v) is 4.00. The zero-order valence-corrected chi connectivity index (χ0v) is 21.9. The number of halogens is 2. The lowest BCUT2D eigenvalue weighted by molar-refractivity contribution is 0.216. The summed E-state index contributed by atoms with van der Waals surface area (Å²) in [6.45, 7) is 18.7. The van der Waals surface area contributed by atoms with Gasteiger partial charge in [-0.25, -0.2) is 4.39 Å². The van der Waals surface area contributed by atoms with E-state index >= 15 is 0 Å². The van der Waals surface area contributed by atoms with E-state index in [1.165, 1.54) is 6.07 Å². The minimum atomic E-state index is -0.273. The Balaban J connectivity index is -0.000000690. The number of rotatable bonds is 2. The molecule has 0 unspecified atom stereocenters. The van der Waals surface area contributed by atoms with Crippen LogP contribution in [0.4, 0.5) is 4.39 Å². The van der Waals surface area contributed by atoms with Crippen molar-refractivity contribution in [2.75, 3.05) is 0 Å². The Labute approximate surface area is 215 Å². The molecule has 0 fully saturated rings. The second-order valence-electron chi connectivity index (χ2n) is 6.39. The summed E-state index contributed by atoms with van der Waals surface area (Å²) in [6, 6.07) is 21.9. The average Bonchev–Trinajstić information content (AvgIpc) is 2.82. The van der Waals surface area contributed by atoms with Gasteiger partial charge in [0.05, 0.1) is 11.6 Å². The van der Waals surface area contributed by atoms with Crippen LogP contribution in [-0.2, 0) is 0 Å². The predicted octanol–water partition coefficient (Wildman–Crippen LogP) is 9.84. The molecular formula is C30H39BrFNO. The second-order valence-corrected chi connectivity index (χ2v) is 7.31. The van der Waals surface area contributed by atoms with Crippen LogP contribution in [-0.4, -0.2) is 11.2 Å². The maximum absolute atomic E-state index is 14.4. The second kappa shape index (κ2) is 21.8. The SMILES string of the molecule is C.C=C.C=CC.CC.CC(C)O.N#Cc1ccc(-c2ccc(-c3ccc(Br)cc3)cc2F)cc1. The van der Waals surface area contributed by atoms with Gasteiger partial charge in [-0.2, -0.15) is 5.26 Å². The Kier molecular flexibility index (Phi) is 22.8. The number of hydrogen-bond acceptors (Lipinski definition) is 2. The molecule has 0 aliphatic rings. The van der Waals surface area contributed by atoms with Crippen molar-refractivity contribution in [2.45, 2.75) is 48.1 Å². The van der Waals surface area contributed by atoms with E-state index in [0.717, 1.165) is 21.2 Å². The highest BCUT2D eigenvalue weighted by atomic mass is 79.9. The average molecular weight is 529 g/mol. The third kappa shape index (κ3) is 14.2. The third-order valence-electron chi connectivity index (χ3n) is 3.47. The zero-order valence-electron chi connectivity index (χ0n) is 20.3. The van der Waals surface area contributed by atoms with Gasteiger partial charge in [-0.15, -0.1) is 19.7 Å². The Morgan fingerprint density at radius 2 is 1.29 bits per heavy atom. The molecule has 0 amide bonds. The van der Waals surface area contributed by atoms with Gasteiger partial charge < -0.3 is 5.11 Å². The molecule has 0 spiro atoms. The van der Waals surface area contributed by atoms with Crippen LogP contribution in [0.3, 0.4) is 0 Å². The fourth-order valence-electron chi connectivity index (χ4n) is 2.30. The Hall–Kier alpha value is -3.00. The van der Waals surface area contributed by atoms with Crippen molar-refractivity contribution < 1.29 is 9.50 Å². The van der Waals surface area contributed by atoms with Crippen molar-refractivity contribution in [1.82, 2.24) is 0 Å². The van der Waals surface area contributed by atoms with E-state index in [1.54, 1.807) is 50.3 Å². The molecule has 4 heteroatoms. The lowest BCUT2D eigenvalue weighted by Gasteiger charge is -2.07. The monoisotopic (exact) mass is 527 g/mol. The molecule has 0 aliphatic heterocycles. The largest absolute Gasteiger partial charge is 0.394 e. The van der Waals surface area contributed by atoms with Crippen LogP contribution in [0.2, 0.25) is 0 Å². The topological polar surface area (TPSA) is 44.0 Å². The lowest BCUT2D eigenvalue weighted by Crippen LogP contribution is -1.87. The summed E-state index contributed by atoms with van der Waals surface area (Å²) in [4.78, 5) is 0. The molecule has 0 bridgehead atoms. The number of hydrogen-bond donors (Lipinski definition) is 1. The van der Waals surface area contributed by atoms with Crippen LogP contribution in [0.1, 0.15) is 47.6 Å². The molecule has 3 rings (SSSR count). The van der Waals surface area contributed by atoms with E-state index in [1.807, 2.05) is 51.1 Å². The van der Waals surface area contributed by atoms with Gasteiger partial charge in [0, 0.05) is 16.1 Å². The Bertz CT molecular complexity index is 956. The Morgan fingerprint density at radius 1 is 0.912 bits per heavy atom. The van der Waals surface area contributed by atoms with Crippen molar-refractivity contribution in [2.24, 2.45) is 0 Å². The number of aliphatic hydroxyl groups excluding tert-OH is 1. The van der Waals surface area contributed by atoms with Crippen molar-refractivity contribution in [1.29, 1.82) is 5.26 Å². The Morgan fingerprint density at radius 3 is 1.68 bits per heavy atom. The molecule has 3 aromatic rings. The van der Waals surface area contributed by atoms with Gasteiger partial charge in [-0.05, 0) is 67.8 Å². The highest BCUT2D eigenvalue weighted by molar-refractivity contribution is 9.10. The predicted molar refractivity (Wildman–Crippen MR) is 152 cm³/mol. The summed E-state index contributed by atoms with van der Waals surface area (Å²) in [7, 11) is 0. The zero-order chi connectivity index (χ0) is 25.8. The fraction of sp³-hybridized carbons (Fsp3) is 0.233. The molecule has 0 saturated carbocycles. The standard InChI is InChI=1S/C19H11BrFN.C3H8O.C3H6.C2H6.C2H4.CH4/c20-17-8-5-14(6-9-17)16-7-10-18(19(21)11-16)15-3-1-13(12-22)2-4-15;1-3(2)4;1-3-2;2*1-2;/h1-11H;3-4H,1-2H3;3H,1H2,2H3;1-2H3;1-2H2;1H4. The summed E-state index contributed by atoms with van der Waals surface area (Å²) < 4.78 is 15.4. The summed E-state index contributed by atoms with van der Waals surface area (Å²) in [6.07, 6.45) is 1.58. The van der Waals surface area contributed by atoms with Gasteiger partial charge in [-0.1, -0.05) is 79.7 Å². The molecule has 3 aromatic carbocycles. The first-order valence-corrected chi connectivity index (χ1v) is 11.4. The van der Waals surface area contributed by atoms with Gasteiger partial charge in [0.1, 0.15) is 5.82 Å². The molecule has 1 N–H and O–H groups in total. The number of benzene rings is 3. The molecule has 34 heavy (non-hydrogen) atoms. The molecule has 0 aliphatic carbocycles. The normalized spacial score (nSPS) is 8.35. The highest BCUT2D eigenvalue weighted by Gasteiger charge is 2.07. The molecular weight excluding hydrogens is 489 g/mol. The number of nitriles is 1. The molecule has 184 valence electrons. The first-order chi connectivity index (χ1) is 15.8. The lowest BCUT2D eigenvalue weighted by atomic mass is 9.99. The quantitative estimate of drug-likeness (QED) is 0.337. The van der Waals surface area contributed by atoms with Crippen molar-refractivity contribution in [3.05, 3.63) is 108 Å². The minimum Gasteiger partial charge on any atom is -0.394 e. The van der Waals surface area contributed by atoms with Crippen LogP contribution >= 0.6 is 15.9 Å². The molecule has 0 saturated heterocycles. The number of allylic oxidation sites excluding steroid dienone is 1. The smallest absolute Gasteiger partial charge is 0.131 e. The highest BCUT2D eigenvalue weighted by Crippen LogP contribution is 2.28. The summed E-state index contributed by atoms with van der Waals surface area (Å²) in [5.41, 5.74) is 3.66. The van der Waals surface area contributed by atoms with Gasteiger partial charge in [-0.3, -0.25) is 0 Å². The van der Waals surface area contributed by atoms with E-state index in [2.05, 4.69) is 41.7 Å². The van der Waals surface area contributed by atoms with Crippen LogP contribution in [0, 0.1) is 17.1 Å². The van der Waals surface area contributed by atoms with Crippen molar-refractivity contribution in [3.63, 3.8) is 0 Å². The van der Waals surface area contributed by atoms with E-state index in [-0.39, 0.29) is 19.3 Å². The maximum atomic E-state index is 14.4. The van der Waals surface area contributed by atoms with E-state index in [4.69, 9.17) is 10.4 Å². The van der Waals surface area contributed by atoms with E-state index in [9.17, 15) is 4.39 Å². The van der Waals surface area contributed by atoms with Gasteiger partial charge >= 0.3 is 0 Å². The number of aliphatic hydroxyl groups is 1. The van der Waals surface area contributed by atoms with Crippen LogP contribution in [0.25, 0.3) is 22.3 Å². The first-order valence-electron chi connectivity index (χ1n) is 10.6. The molecule has 0 aromatic heterocycles. The molecule has 0 atom stereocenters. The van der Waals surface area contributed by atoms with Crippen molar-refractivity contribution in [3.8, 4) is 28.3 Å². The molecule has 0 heterocycles. The summed E-state index contributed by atoms with van der Waals surface area (Å²) in [5.74, 6) is -0.273. The number of nitrogens with zero attached hydrogens (tertiary/aromatic N) is 1. The maximum Gasteiger partial charge on any atom is 0.131 e.